The SMILES string of the molecule is Cc1ccsc1CN1CCC[C@@H](n2c(=O)oc3ccccc32)C1. The molecule has 0 spiro atoms. The number of oxazole rings is 1. The monoisotopic (exact) mass is 328 g/mol. The Hall–Kier alpha value is -1.85. The summed E-state index contributed by atoms with van der Waals surface area (Å²) >= 11 is 1.82. The third-order valence-electron chi connectivity index (χ3n) is 4.70. The van der Waals surface area contributed by atoms with Crippen LogP contribution in [-0.2, 0) is 6.54 Å². The topological polar surface area (TPSA) is 38.4 Å². The Kier molecular flexibility index (Phi) is 3.83. The van der Waals surface area contributed by atoms with E-state index in [4.69, 9.17) is 4.42 Å². The molecule has 1 aliphatic heterocycles. The molecule has 1 aliphatic rings. The second-order valence-corrected chi connectivity index (χ2v) is 7.26. The molecule has 4 rings (SSSR count). The summed E-state index contributed by atoms with van der Waals surface area (Å²) in [6, 6.07) is 10.1. The molecule has 4 nitrogen and oxygen atoms in total. The van der Waals surface area contributed by atoms with Gasteiger partial charge in [-0.05, 0) is 55.5 Å². The maximum absolute atomic E-state index is 12.3. The summed E-state index contributed by atoms with van der Waals surface area (Å²) in [5, 5.41) is 2.15. The van der Waals surface area contributed by atoms with Crippen LogP contribution in [-0.4, -0.2) is 22.6 Å². The van der Waals surface area contributed by atoms with E-state index in [-0.39, 0.29) is 11.8 Å². The van der Waals surface area contributed by atoms with Gasteiger partial charge in [0.1, 0.15) is 0 Å². The van der Waals surface area contributed by atoms with Crippen LogP contribution in [0.4, 0.5) is 0 Å². The van der Waals surface area contributed by atoms with Gasteiger partial charge in [0, 0.05) is 18.0 Å². The summed E-state index contributed by atoms with van der Waals surface area (Å²) in [4.78, 5) is 16.2. The summed E-state index contributed by atoms with van der Waals surface area (Å²) in [6.45, 7) is 5.14. The number of thiophene rings is 1. The van der Waals surface area contributed by atoms with E-state index in [1.165, 1.54) is 10.4 Å². The Morgan fingerprint density at radius 1 is 1.30 bits per heavy atom. The summed E-state index contributed by atoms with van der Waals surface area (Å²) < 4.78 is 7.25. The number of hydrogen-bond acceptors (Lipinski definition) is 4. The van der Waals surface area contributed by atoms with Gasteiger partial charge in [-0.3, -0.25) is 9.47 Å². The molecule has 0 bridgehead atoms. The van der Waals surface area contributed by atoms with Crippen LogP contribution in [0.1, 0.15) is 29.3 Å². The van der Waals surface area contributed by atoms with Crippen LogP contribution in [0.5, 0.6) is 0 Å². The first kappa shape index (κ1) is 14.7. The molecule has 1 aromatic carbocycles. The van der Waals surface area contributed by atoms with Crippen molar-refractivity contribution in [3.8, 4) is 0 Å². The number of aryl methyl sites for hydroxylation is 1. The Morgan fingerprint density at radius 3 is 3.00 bits per heavy atom. The van der Waals surface area contributed by atoms with Crippen LogP contribution in [0.3, 0.4) is 0 Å². The Labute approximate surface area is 139 Å². The molecule has 0 unspecified atom stereocenters. The highest BCUT2D eigenvalue weighted by molar-refractivity contribution is 7.10. The highest BCUT2D eigenvalue weighted by atomic mass is 32.1. The van der Waals surface area contributed by atoms with Crippen LogP contribution in [0.15, 0.2) is 44.9 Å². The minimum absolute atomic E-state index is 0.195. The van der Waals surface area contributed by atoms with E-state index in [9.17, 15) is 4.79 Å². The largest absolute Gasteiger partial charge is 0.420 e. The summed E-state index contributed by atoms with van der Waals surface area (Å²) in [5.74, 6) is -0.231. The summed E-state index contributed by atoms with van der Waals surface area (Å²) in [6.07, 6.45) is 2.14. The molecular formula is C18H20N2O2S. The van der Waals surface area contributed by atoms with Crippen molar-refractivity contribution < 1.29 is 4.42 Å². The molecule has 23 heavy (non-hydrogen) atoms. The van der Waals surface area contributed by atoms with Crippen LogP contribution in [0.2, 0.25) is 0 Å². The van der Waals surface area contributed by atoms with E-state index < -0.39 is 0 Å². The standard InChI is InChI=1S/C18H20N2O2S/c1-13-8-10-23-17(13)12-19-9-4-5-14(11-19)20-15-6-2-3-7-16(15)22-18(20)21/h2-3,6-8,10,14H,4-5,9,11-12H2,1H3/t14-/m1/s1. The molecule has 0 radical (unpaired) electrons. The van der Waals surface area contributed by atoms with Crippen molar-refractivity contribution in [2.24, 2.45) is 0 Å². The third kappa shape index (κ3) is 2.75. The molecule has 3 aromatic rings. The van der Waals surface area contributed by atoms with Crippen molar-refractivity contribution in [3.05, 3.63) is 56.7 Å². The zero-order valence-corrected chi connectivity index (χ0v) is 14.0. The zero-order valence-electron chi connectivity index (χ0n) is 13.2. The van der Waals surface area contributed by atoms with Crippen molar-refractivity contribution >= 4 is 22.4 Å². The summed E-state index contributed by atoms with van der Waals surface area (Å²) in [7, 11) is 0. The van der Waals surface area contributed by atoms with E-state index in [1.807, 2.05) is 40.2 Å². The predicted molar refractivity (Wildman–Crippen MR) is 93.1 cm³/mol. The van der Waals surface area contributed by atoms with E-state index in [1.54, 1.807) is 0 Å². The van der Waals surface area contributed by atoms with Gasteiger partial charge in [0.15, 0.2) is 5.58 Å². The highest BCUT2D eigenvalue weighted by Gasteiger charge is 2.25. The number of rotatable bonds is 3. The first-order valence-electron chi connectivity index (χ1n) is 8.08. The lowest BCUT2D eigenvalue weighted by atomic mass is 10.0. The van der Waals surface area contributed by atoms with Gasteiger partial charge < -0.3 is 4.42 Å². The lowest BCUT2D eigenvalue weighted by Crippen LogP contribution is -2.38. The Bertz CT molecular complexity index is 876. The van der Waals surface area contributed by atoms with Gasteiger partial charge in [-0.15, -0.1) is 11.3 Å². The molecule has 0 N–H and O–H groups in total. The molecule has 1 atom stereocenters. The number of fused-ring (bicyclic) bond motifs is 1. The van der Waals surface area contributed by atoms with Crippen molar-refractivity contribution in [2.75, 3.05) is 13.1 Å². The fourth-order valence-electron chi connectivity index (χ4n) is 3.48. The number of likely N-dealkylation sites (tertiary alicyclic amines) is 1. The first-order chi connectivity index (χ1) is 11.2. The summed E-state index contributed by atoms with van der Waals surface area (Å²) in [5.41, 5.74) is 2.96. The van der Waals surface area contributed by atoms with Gasteiger partial charge in [0.2, 0.25) is 0 Å². The molecule has 1 saturated heterocycles. The van der Waals surface area contributed by atoms with E-state index in [0.29, 0.717) is 5.58 Å². The van der Waals surface area contributed by atoms with Gasteiger partial charge >= 0.3 is 5.76 Å². The van der Waals surface area contributed by atoms with Gasteiger partial charge in [0.25, 0.3) is 0 Å². The molecule has 1 fully saturated rings. The number of nitrogens with zero attached hydrogens (tertiary/aromatic N) is 2. The Morgan fingerprint density at radius 2 is 2.17 bits per heavy atom. The highest BCUT2D eigenvalue weighted by Crippen LogP contribution is 2.27. The minimum atomic E-state index is -0.231. The number of aromatic nitrogens is 1. The van der Waals surface area contributed by atoms with Crippen LogP contribution in [0, 0.1) is 6.92 Å². The fourth-order valence-corrected chi connectivity index (χ4v) is 4.43. The smallest absolute Gasteiger partial charge is 0.408 e. The first-order valence-corrected chi connectivity index (χ1v) is 8.96. The number of benzene rings is 1. The number of para-hydroxylation sites is 2. The maximum Gasteiger partial charge on any atom is 0.420 e. The Balaban J connectivity index is 1.60. The second-order valence-electron chi connectivity index (χ2n) is 6.26. The van der Waals surface area contributed by atoms with E-state index >= 15 is 0 Å². The molecule has 0 amide bonds. The van der Waals surface area contributed by atoms with Crippen molar-refractivity contribution in [2.45, 2.75) is 32.4 Å². The van der Waals surface area contributed by atoms with Gasteiger partial charge in [-0.1, -0.05) is 12.1 Å². The van der Waals surface area contributed by atoms with Crippen LogP contribution in [0.25, 0.3) is 11.1 Å². The zero-order chi connectivity index (χ0) is 15.8. The lowest BCUT2D eigenvalue weighted by Gasteiger charge is -2.32. The van der Waals surface area contributed by atoms with Gasteiger partial charge in [-0.25, -0.2) is 4.79 Å². The van der Waals surface area contributed by atoms with Gasteiger partial charge in [0.05, 0.1) is 11.6 Å². The number of hydrogen-bond donors (Lipinski definition) is 0. The molecule has 5 heteroatoms. The van der Waals surface area contributed by atoms with Crippen LogP contribution >= 0.6 is 11.3 Å². The average Bonchev–Trinajstić information content (AvgIpc) is 3.10. The molecular weight excluding hydrogens is 308 g/mol. The quantitative estimate of drug-likeness (QED) is 0.734. The van der Waals surface area contributed by atoms with Crippen LogP contribution < -0.4 is 5.76 Å². The van der Waals surface area contributed by atoms with Crippen molar-refractivity contribution in [1.82, 2.24) is 9.47 Å². The molecule has 0 saturated carbocycles. The van der Waals surface area contributed by atoms with E-state index in [2.05, 4.69) is 23.3 Å². The maximum atomic E-state index is 12.3. The van der Waals surface area contributed by atoms with Crippen molar-refractivity contribution in [1.29, 1.82) is 0 Å². The lowest BCUT2D eigenvalue weighted by molar-refractivity contribution is 0.169. The normalized spacial score (nSPS) is 19.4. The van der Waals surface area contributed by atoms with Gasteiger partial charge in [-0.2, -0.15) is 0 Å². The molecule has 120 valence electrons. The fraction of sp³-hybridized carbons (Fsp3) is 0.389. The number of piperidine rings is 1. The van der Waals surface area contributed by atoms with E-state index in [0.717, 1.165) is 38.0 Å². The second kappa shape index (κ2) is 5.98. The average molecular weight is 328 g/mol. The predicted octanol–water partition coefficient (Wildman–Crippen LogP) is 3.80. The third-order valence-corrected chi connectivity index (χ3v) is 5.71. The van der Waals surface area contributed by atoms with Crippen molar-refractivity contribution in [3.63, 3.8) is 0 Å². The molecule has 2 aromatic heterocycles. The molecule has 0 aliphatic carbocycles. The molecule has 3 heterocycles. The minimum Gasteiger partial charge on any atom is -0.408 e.